The van der Waals surface area contributed by atoms with Gasteiger partial charge in [-0.1, -0.05) is 29.8 Å². The first-order valence-corrected chi connectivity index (χ1v) is 14.3. The molecule has 2 heterocycles. The zero-order valence-electron chi connectivity index (χ0n) is 24.3. The average Bonchev–Trinajstić information content (AvgIpc) is 3.51. The smallest absolute Gasteiger partial charge is 0.248 e. The Bertz CT molecular complexity index is 1730. The van der Waals surface area contributed by atoms with Crippen LogP contribution in [-0.2, 0) is 16.1 Å². The molecule has 1 unspecified atom stereocenters. The molecule has 0 aliphatic carbocycles. The highest BCUT2D eigenvalue weighted by Gasteiger charge is 2.22. The Morgan fingerprint density at radius 2 is 2.05 bits per heavy atom. The molecule has 1 aromatic heterocycles. The van der Waals surface area contributed by atoms with E-state index in [9.17, 15) is 14.4 Å². The Labute approximate surface area is 259 Å². The van der Waals surface area contributed by atoms with Crippen molar-refractivity contribution < 1.29 is 23.4 Å². The molecule has 1 fully saturated rings. The maximum absolute atomic E-state index is 13.5. The van der Waals surface area contributed by atoms with E-state index >= 15 is 0 Å². The van der Waals surface area contributed by atoms with Crippen LogP contribution in [0.25, 0.3) is 10.9 Å². The summed E-state index contributed by atoms with van der Waals surface area (Å²) in [5, 5.41) is 17.1. The second kappa shape index (κ2) is 14.2. The van der Waals surface area contributed by atoms with Crippen LogP contribution in [0.15, 0.2) is 72.9 Å². The molecule has 2 N–H and O–H groups in total. The molecule has 11 heteroatoms. The van der Waals surface area contributed by atoms with Crippen LogP contribution < -0.4 is 20.1 Å². The molecule has 1 amide bonds. The van der Waals surface area contributed by atoms with Gasteiger partial charge in [-0.15, -0.1) is 0 Å². The van der Waals surface area contributed by atoms with E-state index < -0.39 is 0 Å². The molecule has 1 aliphatic rings. The summed E-state index contributed by atoms with van der Waals surface area (Å²) in [6.07, 6.45) is 5.24. The summed E-state index contributed by atoms with van der Waals surface area (Å²) in [7, 11) is 3.82. The minimum Gasteiger partial charge on any atom is -0.487 e. The summed E-state index contributed by atoms with van der Waals surface area (Å²) < 4.78 is 31.0. The van der Waals surface area contributed by atoms with Gasteiger partial charge in [-0.2, -0.15) is 5.26 Å². The van der Waals surface area contributed by atoms with Gasteiger partial charge < -0.3 is 29.7 Å². The highest BCUT2D eigenvalue weighted by molar-refractivity contribution is 6.32. The summed E-state index contributed by atoms with van der Waals surface area (Å²) in [5.41, 5.74) is 2.87. The number of rotatable bonds is 11. The number of hydrogen-bond acceptors (Lipinski definition) is 8. The molecule has 0 radical (unpaired) electrons. The number of nitrogens with one attached hydrogen (secondary N) is 2. The van der Waals surface area contributed by atoms with Gasteiger partial charge in [0.05, 0.1) is 35.0 Å². The number of pyridine rings is 1. The zero-order valence-corrected chi connectivity index (χ0v) is 25.0. The van der Waals surface area contributed by atoms with Crippen molar-refractivity contribution in [3.8, 4) is 17.6 Å². The van der Waals surface area contributed by atoms with Crippen molar-refractivity contribution in [2.45, 2.75) is 19.1 Å². The Morgan fingerprint density at radius 1 is 1.20 bits per heavy atom. The van der Waals surface area contributed by atoms with E-state index in [1.165, 1.54) is 24.4 Å². The second-order valence-corrected chi connectivity index (χ2v) is 10.8. The molecule has 5 rings (SSSR count). The van der Waals surface area contributed by atoms with Gasteiger partial charge >= 0.3 is 0 Å². The maximum atomic E-state index is 13.5. The fourth-order valence-electron chi connectivity index (χ4n) is 4.63. The van der Waals surface area contributed by atoms with Crippen molar-refractivity contribution in [2.75, 3.05) is 44.5 Å². The van der Waals surface area contributed by atoms with Crippen LogP contribution in [0.1, 0.15) is 17.5 Å². The van der Waals surface area contributed by atoms with Crippen molar-refractivity contribution in [1.29, 1.82) is 5.26 Å². The summed E-state index contributed by atoms with van der Waals surface area (Å²) >= 11 is 6.53. The van der Waals surface area contributed by atoms with Crippen molar-refractivity contribution in [1.82, 2.24) is 9.88 Å². The van der Waals surface area contributed by atoms with Gasteiger partial charge in [0.15, 0.2) is 0 Å². The Hall–Kier alpha value is -4.69. The lowest BCUT2D eigenvalue weighted by Gasteiger charge is -2.19. The molecule has 0 spiro atoms. The van der Waals surface area contributed by atoms with Gasteiger partial charge in [0.2, 0.25) is 5.91 Å². The number of halogens is 2. The van der Waals surface area contributed by atoms with Crippen LogP contribution in [0, 0.1) is 17.1 Å². The molecule has 226 valence electrons. The third kappa shape index (κ3) is 7.63. The third-order valence-electron chi connectivity index (χ3n) is 6.78. The van der Waals surface area contributed by atoms with Gasteiger partial charge in [0.25, 0.3) is 0 Å². The summed E-state index contributed by atoms with van der Waals surface area (Å²) in [4.78, 5) is 19.4. The standard InChI is InChI=1S/C33H31ClFN5O4/c1-40(2)13-4-7-30(41)39-33-29(44-25-12-14-42-20-25)11-9-26-31(22(17-36)18-37-32(26)33)38-24-8-10-28(27(34)16-24)43-19-21-5-3-6-23(35)15-21/h3-11,15-16,18,25H,12-14,19-20H2,1-2H3,(H,37,38)(H,39,41)/b7-4+. The van der Waals surface area contributed by atoms with Crippen LogP contribution >= 0.6 is 11.6 Å². The number of carbonyl (C=O) groups excluding carboxylic acids is 1. The predicted molar refractivity (Wildman–Crippen MR) is 168 cm³/mol. The van der Waals surface area contributed by atoms with Gasteiger partial charge in [0.1, 0.15) is 41.8 Å². The number of ether oxygens (including phenoxy) is 3. The van der Waals surface area contributed by atoms with Crippen LogP contribution in [-0.4, -0.2) is 55.7 Å². The van der Waals surface area contributed by atoms with E-state index in [0.29, 0.717) is 75.4 Å². The number of anilines is 3. The lowest BCUT2D eigenvalue weighted by molar-refractivity contribution is -0.111. The van der Waals surface area contributed by atoms with Gasteiger partial charge in [0, 0.05) is 36.3 Å². The van der Waals surface area contributed by atoms with Crippen molar-refractivity contribution in [2.24, 2.45) is 0 Å². The number of nitriles is 1. The quantitative estimate of drug-likeness (QED) is 0.185. The van der Waals surface area contributed by atoms with Crippen LogP contribution in [0.4, 0.5) is 21.5 Å². The van der Waals surface area contributed by atoms with Gasteiger partial charge in [-0.05, 0) is 62.1 Å². The molecule has 4 aromatic rings. The summed E-state index contributed by atoms with van der Waals surface area (Å²) in [6, 6.07) is 17.0. The largest absolute Gasteiger partial charge is 0.487 e. The second-order valence-electron chi connectivity index (χ2n) is 10.4. The molecular weight excluding hydrogens is 585 g/mol. The van der Waals surface area contributed by atoms with E-state index in [1.54, 1.807) is 48.5 Å². The molecule has 1 atom stereocenters. The SMILES string of the molecule is CN(C)C/C=C/C(=O)Nc1c(OC2CCOC2)ccc2c(Nc3ccc(OCc4cccc(F)c4)c(Cl)c3)c(C#N)cnc12. The Kier molecular flexibility index (Phi) is 9.92. The first-order valence-electron chi connectivity index (χ1n) is 14.0. The number of carbonyl (C=O) groups is 1. The minimum absolute atomic E-state index is 0.147. The Morgan fingerprint density at radius 3 is 2.77 bits per heavy atom. The fourth-order valence-corrected chi connectivity index (χ4v) is 4.87. The minimum atomic E-state index is -0.343. The lowest BCUT2D eigenvalue weighted by Crippen LogP contribution is -2.18. The van der Waals surface area contributed by atoms with Gasteiger partial charge in [-0.3, -0.25) is 9.78 Å². The maximum Gasteiger partial charge on any atom is 0.248 e. The highest BCUT2D eigenvalue weighted by Crippen LogP contribution is 2.39. The molecule has 3 aromatic carbocycles. The molecule has 0 bridgehead atoms. The monoisotopic (exact) mass is 615 g/mol. The molecule has 44 heavy (non-hydrogen) atoms. The number of likely N-dealkylation sites (N-methyl/N-ethyl adjacent to an activating group) is 1. The van der Waals surface area contributed by atoms with Crippen molar-refractivity contribution in [3.05, 3.63) is 94.9 Å². The first-order chi connectivity index (χ1) is 21.3. The number of nitrogens with zero attached hydrogens (tertiary/aromatic N) is 3. The number of hydrogen-bond donors (Lipinski definition) is 2. The van der Waals surface area contributed by atoms with E-state index in [-0.39, 0.29) is 24.4 Å². The normalized spacial score (nSPS) is 14.6. The number of amides is 1. The van der Waals surface area contributed by atoms with E-state index in [4.69, 9.17) is 25.8 Å². The number of fused-ring (bicyclic) bond motifs is 1. The molecular formula is C33H31ClFN5O4. The zero-order chi connectivity index (χ0) is 31.1. The van der Waals surface area contributed by atoms with E-state index in [0.717, 1.165) is 6.42 Å². The van der Waals surface area contributed by atoms with Crippen molar-refractivity contribution >= 4 is 45.5 Å². The van der Waals surface area contributed by atoms with E-state index in [2.05, 4.69) is 21.7 Å². The highest BCUT2D eigenvalue weighted by atomic mass is 35.5. The van der Waals surface area contributed by atoms with Gasteiger partial charge in [-0.25, -0.2) is 4.39 Å². The molecule has 0 saturated carbocycles. The topological polar surface area (TPSA) is 109 Å². The van der Waals surface area contributed by atoms with Crippen LogP contribution in [0.3, 0.4) is 0 Å². The molecule has 9 nitrogen and oxygen atoms in total. The lowest BCUT2D eigenvalue weighted by atomic mass is 10.1. The summed E-state index contributed by atoms with van der Waals surface area (Å²) in [6.45, 7) is 1.79. The predicted octanol–water partition coefficient (Wildman–Crippen LogP) is 6.45. The summed E-state index contributed by atoms with van der Waals surface area (Å²) in [5.74, 6) is 0.192. The third-order valence-corrected chi connectivity index (χ3v) is 7.07. The van der Waals surface area contributed by atoms with E-state index in [1.807, 2.05) is 19.0 Å². The molecule has 1 aliphatic heterocycles. The van der Waals surface area contributed by atoms with Crippen LogP contribution in [0.5, 0.6) is 11.5 Å². The number of aromatic nitrogens is 1. The molecule has 1 saturated heterocycles. The Balaban J connectivity index is 1.46. The average molecular weight is 616 g/mol. The fraction of sp³-hybridized carbons (Fsp3) is 0.242. The number of benzene rings is 3. The van der Waals surface area contributed by atoms with Crippen LogP contribution in [0.2, 0.25) is 5.02 Å². The first kappa shape index (κ1) is 30.8. The van der Waals surface area contributed by atoms with Crippen molar-refractivity contribution in [3.63, 3.8) is 0 Å².